The number of hydrogen-bond donors (Lipinski definition) is 6. The average Bonchev–Trinajstić information content (AvgIpc) is 2.12. The van der Waals surface area contributed by atoms with Crippen LogP contribution in [0.4, 0.5) is 0 Å². The van der Waals surface area contributed by atoms with E-state index in [0.717, 1.165) is 0 Å². The van der Waals surface area contributed by atoms with Gasteiger partial charge in [0.2, 0.25) is 0 Å². The molecule has 0 saturated carbocycles. The van der Waals surface area contributed by atoms with Crippen molar-refractivity contribution in [1.29, 1.82) is 0 Å². The fraction of sp³-hybridized carbons (Fsp3) is 1.00. The maximum atomic E-state index is 11.0. The van der Waals surface area contributed by atoms with E-state index in [-0.39, 0.29) is 13.2 Å². The second kappa shape index (κ2) is 7.61. The van der Waals surface area contributed by atoms with Crippen molar-refractivity contribution >= 4 is 15.2 Å². The number of aliphatic hydroxyl groups is 1. The minimum atomic E-state index is -4.58. The Hall–Kier alpha value is 0.220. The topological polar surface area (TPSA) is 147 Å². The summed E-state index contributed by atoms with van der Waals surface area (Å²) < 4.78 is 21.7. The van der Waals surface area contributed by atoms with Gasteiger partial charge in [0.15, 0.2) is 0 Å². The summed E-state index contributed by atoms with van der Waals surface area (Å²) in [6, 6.07) is 0. The van der Waals surface area contributed by atoms with Crippen LogP contribution < -0.4 is 5.32 Å². The van der Waals surface area contributed by atoms with Crippen molar-refractivity contribution in [3.8, 4) is 0 Å². The van der Waals surface area contributed by atoms with Crippen LogP contribution in [0.15, 0.2) is 0 Å². The molecule has 0 rings (SSSR count). The highest BCUT2D eigenvalue weighted by Gasteiger charge is 2.34. The first-order valence-electron chi connectivity index (χ1n) is 5.11. The molecular formula is C7H19NO7P2. The highest BCUT2D eigenvalue weighted by Crippen LogP contribution is 2.47. The molecule has 10 heteroatoms. The fourth-order valence-electron chi connectivity index (χ4n) is 1.20. The lowest BCUT2D eigenvalue weighted by molar-refractivity contribution is 0.282. The van der Waals surface area contributed by atoms with Gasteiger partial charge >= 0.3 is 15.2 Å². The Morgan fingerprint density at radius 3 is 2.00 bits per heavy atom. The van der Waals surface area contributed by atoms with Crippen molar-refractivity contribution in [2.45, 2.75) is 25.0 Å². The summed E-state index contributed by atoms with van der Waals surface area (Å²) in [5.41, 5.74) is 0. The Morgan fingerprint density at radius 1 is 1.00 bits per heavy atom. The highest BCUT2D eigenvalue weighted by atomic mass is 31.2. The van der Waals surface area contributed by atoms with Gasteiger partial charge in [0.25, 0.3) is 0 Å². The molecule has 0 aromatic carbocycles. The largest absolute Gasteiger partial charge is 0.396 e. The van der Waals surface area contributed by atoms with Crippen molar-refractivity contribution in [3.05, 3.63) is 0 Å². The zero-order chi connectivity index (χ0) is 13.5. The molecule has 1 unspecified atom stereocenters. The lowest BCUT2D eigenvalue weighted by atomic mass is 10.2. The molecule has 0 spiro atoms. The summed E-state index contributed by atoms with van der Waals surface area (Å²) >= 11 is 0. The van der Waals surface area contributed by atoms with E-state index in [9.17, 15) is 9.13 Å². The summed E-state index contributed by atoms with van der Waals surface area (Å²) in [6.07, 6.45) is 0.934. The summed E-state index contributed by atoms with van der Waals surface area (Å²) in [4.78, 5) is 35.2. The summed E-state index contributed by atoms with van der Waals surface area (Å²) in [5, 5.41) is 10.9. The van der Waals surface area contributed by atoms with Gasteiger partial charge in [0.1, 0.15) is 5.78 Å². The number of aliphatic hydroxyl groups excluding tert-OH is 1. The Balaban J connectivity index is 4.14. The molecule has 0 saturated heterocycles. The zero-order valence-corrected chi connectivity index (χ0v) is 11.1. The van der Waals surface area contributed by atoms with Crippen molar-refractivity contribution in [3.63, 3.8) is 0 Å². The molecular weight excluding hydrogens is 272 g/mol. The first-order chi connectivity index (χ1) is 7.67. The first kappa shape index (κ1) is 17.2. The van der Waals surface area contributed by atoms with Crippen LogP contribution in [0.2, 0.25) is 0 Å². The van der Waals surface area contributed by atoms with Gasteiger partial charge in [0, 0.05) is 6.61 Å². The van der Waals surface area contributed by atoms with Crippen molar-refractivity contribution < 1.29 is 33.8 Å². The Morgan fingerprint density at radius 2 is 1.59 bits per heavy atom. The van der Waals surface area contributed by atoms with Crippen LogP contribution in [-0.4, -0.2) is 49.8 Å². The molecule has 1 atom stereocenters. The third-order valence-electron chi connectivity index (χ3n) is 2.03. The maximum absolute atomic E-state index is 11.0. The summed E-state index contributed by atoms with van der Waals surface area (Å²) in [5.74, 6) is -1.53. The summed E-state index contributed by atoms with van der Waals surface area (Å²) in [7, 11) is -9.05. The van der Waals surface area contributed by atoms with Gasteiger partial charge in [-0.15, -0.1) is 0 Å². The normalized spacial score (nSPS) is 14.9. The van der Waals surface area contributed by atoms with Crippen LogP contribution in [-0.2, 0) is 9.13 Å². The van der Waals surface area contributed by atoms with E-state index in [0.29, 0.717) is 19.3 Å². The van der Waals surface area contributed by atoms with Gasteiger partial charge in [-0.05, 0) is 25.8 Å². The molecule has 17 heavy (non-hydrogen) atoms. The van der Waals surface area contributed by atoms with E-state index >= 15 is 0 Å². The van der Waals surface area contributed by atoms with Crippen LogP contribution in [0.3, 0.4) is 0 Å². The third-order valence-corrected chi connectivity index (χ3v) is 4.34. The van der Waals surface area contributed by atoms with E-state index in [2.05, 4.69) is 5.32 Å². The van der Waals surface area contributed by atoms with Gasteiger partial charge < -0.3 is 30.0 Å². The predicted octanol–water partition coefficient (Wildman–Crippen LogP) is -0.580. The maximum Gasteiger partial charge on any atom is 0.342 e. The first-order valence-corrected chi connectivity index (χ1v) is 8.59. The SMILES string of the molecule is O=P(O)(O)CC(NCCCCCO)P(=O)(O)O. The van der Waals surface area contributed by atoms with Crippen LogP contribution in [0, 0.1) is 0 Å². The Kier molecular flexibility index (Phi) is 7.71. The smallest absolute Gasteiger partial charge is 0.342 e. The van der Waals surface area contributed by atoms with Crippen molar-refractivity contribution in [2.75, 3.05) is 19.3 Å². The molecule has 0 aliphatic carbocycles. The summed E-state index contributed by atoms with van der Waals surface area (Å²) in [6.45, 7) is 0.278. The minimum absolute atomic E-state index is 0.0460. The number of hydrogen-bond acceptors (Lipinski definition) is 4. The second-order valence-electron chi connectivity index (χ2n) is 3.69. The monoisotopic (exact) mass is 291 g/mol. The molecule has 0 aromatic heterocycles. The molecule has 0 radical (unpaired) electrons. The third kappa shape index (κ3) is 9.88. The van der Waals surface area contributed by atoms with Crippen molar-refractivity contribution in [1.82, 2.24) is 5.32 Å². The molecule has 0 aliphatic heterocycles. The van der Waals surface area contributed by atoms with E-state index < -0.39 is 27.1 Å². The van der Waals surface area contributed by atoms with Crippen molar-refractivity contribution in [2.24, 2.45) is 0 Å². The quantitative estimate of drug-likeness (QED) is 0.244. The lowest BCUT2D eigenvalue weighted by Gasteiger charge is -2.20. The van der Waals surface area contributed by atoms with Crippen LogP contribution in [0.1, 0.15) is 19.3 Å². The molecule has 0 amide bonds. The molecule has 0 fully saturated rings. The molecule has 104 valence electrons. The van der Waals surface area contributed by atoms with Gasteiger partial charge in [-0.3, -0.25) is 9.13 Å². The Bertz CT molecular complexity index is 299. The van der Waals surface area contributed by atoms with Gasteiger partial charge in [0.05, 0.1) is 6.16 Å². The number of rotatable bonds is 9. The van der Waals surface area contributed by atoms with Crippen LogP contribution in [0.25, 0.3) is 0 Å². The molecule has 6 N–H and O–H groups in total. The van der Waals surface area contributed by atoms with E-state index in [1.165, 1.54) is 0 Å². The number of nitrogens with one attached hydrogen (secondary N) is 1. The van der Waals surface area contributed by atoms with Crippen LogP contribution >= 0.6 is 15.2 Å². The molecule has 8 nitrogen and oxygen atoms in total. The molecule has 0 bridgehead atoms. The van der Waals surface area contributed by atoms with Gasteiger partial charge in [-0.2, -0.15) is 0 Å². The molecule has 0 aromatic rings. The van der Waals surface area contributed by atoms with E-state index in [4.69, 9.17) is 24.7 Å². The average molecular weight is 291 g/mol. The van der Waals surface area contributed by atoms with Gasteiger partial charge in [-0.1, -0.05) is 0 Å². The molecule has 0 aliphatic rings. The van der Waals surface area contributed by atoms with E-state index in [1.54, 1.807) is 0 Å². The van der Waals surface area contributed by atoms with E-state index in [1.807, 2.05) is 0 Å². The minimum Gasteiger partial charge on any atom is -0.396 e. The highest BCUT2D eigenvalue weighted by molar-refractivity contribution is 7.56. The van der Waals surface area contributed by atoms with Gasteiger partial charge in [-0.25, -0.2) is 0 Å². The standard InChI is InChI=1S/C7H19NO7P2/c9-5-3-1-2-4-8-7(17(13,14)15)6-16(10,11)12/h7-9H,1-6H2,(H2,10,11,12)(H2,13,14,15). The lowest BCUT2D eigenvalue weighted by Crippen LogP contribution is -2.33. The fourth-order valence-corrected chi connectivity index (χ4v) is 3.63. The number of unbranched alkanes of at least 4 members (excludes halogenated alkanes) is 2. The second-order valence-corrected chi connectivity index (χ2v) is 7.19. The van der Waals surface area contributed by atoms with Crippen LogP contribution in [0.5, 0.6) is 0 Å². The predicted molar refractivity (Wildman–Crippen MR) is 61.7 cm³/mol. The molecule has 0 heterocycles. The Labute approximate surface area is 99.4 Å². The zero-order valence-electron chi connectivity index (χ0n) is 9.27.